The molecule has 0 unspecified atom stereocenters. The zero-order valence-electron chi connectivity index (χ0n) is 13.1. The van der Waals surface area contributed by atoms with Gasteiger partial charge in [0.1, 0.15) is 12.4 Å². The third-order valence-electron chi connectivity index (χ3n) is 4.11. The first-order valence-corrected chi connectivity index (χ1v) is 7.99. The maximum Gasteiger partial charge on any atom is 0.240 e. The number of hydrogen-bond donors (Lipinski definition) is 2. The average Bonchev–Trinajstić information content (AvgIpc) is 3.34. The second-order valence-electron chi connectivity index (χ2n) is 6.08. The van der Waals surface area contributed by atoms with E-state index in [1.54, 1.807) is 0 Å². The minimum Gasteiger partial charge on any atom is -0.489 e. The molecule has 4 nitrogen and oxygen atoms in total. The summed E-state index contributed by atoms with van der Waals surface area (Å²) < 4.78 is 5.76. The summed E-state index contributed by atoms with van der Waals surface area (Å²) in [6.07, 6.45) is 2.39. The van der Waals surface area contributed by atoms with E-state index in [1.165, 1.54) is 5.56 Å². The molecule has 1 fully saturated rings. The van der Waals surface area contributed by atoms with E-state index in [9.17, 15) is 4.79 Å². The highest BCUT2D eigenvalue weighted by Gasteiger charge is 2.45. The summed E-state index contributed by atoms with van der Waals surface area (Å²) in [5.41, 5.74) is 7.57. The Kier molecular flexibility index (Phi) is 4.63. The van der Waals surface area contributed by atoms with Gasteiger partial charge in [0.2, 0.25) is 5.91 Å². The van der Waals surface area contributed by atoms with Gasteiger partial charge in [-0.25, -0.2) is 0 Å². The molecule has 0 saturated heterocycles. The van der Waals surface area contributed by atoms with Crippen LogP contribution in [0, 0.1) is 0 Å². The topological polar surface area (TPSA) is 64.4 Å². The first-order valence-electron chi connectivity index (χ1n) is 7.99. The van der Waals surface area contributed by atoms with E-state index in [2.05, 4.69) is 5.32 Å². The fourth-order valence-corrected chi connectivity index (χ4v) is 2.35. The summed E-state index contributed by atoms with van der Waals surface area (Å²) >= 11 is 0. The van der Waals surface area contributed by atoms with Crippen molar-refractivity contribution in [3.63, 3.8) is 0 Å². The van der Waals surface area contributed by atoms with Crippen molar-refractivity contribution in [1.82, 2.24) is 5.32 Å². The number of carbonyl (C=O) groups is 1. The van der Waals surface area contributed by atoms with E-state index >= 15 is 0 Å². The van der Waals surface area contributed by atoms with Crippen molar-refractivity contribution in [2.45, 2.75) is 31.4 Å². The Morgan fingerprint density at radius 1 is 1.04 bits per heavy atom. The standard InChI is InChI=1S/C19H22N2O2/c20-19(11-12-19)18(22)21-13-10-15-6-8-17(9-7-15)23-14-16-4-2-1-3-5-16/h1-9H,10-14,20H2,(H,21,22). The number of rotatable bonds is 7. The second-order valence-corrected chi connectivity index (χ2v) is 6.08. The number of ether oxygens (including phenoxy) is 1. The highest BCUT2D eigenvalue weighted by Crippen LogP contribution is 2.31. The molecule has 120 valence electrons. The quantitative estimate of drug-likeness (QED) is 0.825. The Hall–Kier alpha value is -2.33. The zero-order valence-corrected chi connectivity index (χ0v) is 13.1. The van der Waals surface area contributed by atoms with Gasteiger partial charge in [-0.3, -0.25) is 4.79 Å². The van der Waals surface area contributed by atoms with E-state index in [4.69, 9.17) is 10.5 Å². The van der Waals surface area contributed by atoms with Crippen LogP contribution in [-0.2, 0) is 17.8 Å². The van der Waals surface area contributed by atoms with Crippen LogP contribution < -0.4 is 15.8 Å². The molecule has 0 atom stereocenters. The van der Waals surface area contributed by atoms with Crippen LogP contribution in [-0.4, -0.2) is 18.0 Å². The van der Waals surface area contributed by atoms with Gasteiger partial charge in [0.05, 0.1) is 5.54 Å². The third kappa shape index (κ3) is 4.33. The molecule has 2 aromatic rings. The molecular weight excluding hydrogens is 288 g/mol. The Morgan fingerprint density at radius 2 is 1.74 bits per heavy atom. The Bertz CT molecular complexity index is 649. The van der Waals surface area contributed by atoms with Crippen molar-refractivity contribution in [2.24, 2.45) is 5.73 Å². The lowest BCUT2D eigenvalue weighted by Crippen LogP contribution is -2.43. The van der Waals surface area contributed by atoms with Crippen LogP contribution in [0.2, 0.25) is 0 Å². The first-order chi connectivity index (χ1) is 11.2. The summed E-state index contributed by atoms with van der Waals surface area (Å²) in [6, 6.07) is 18.1. The summed E-state index contributed by atoms with van der Waals surface area (Å²) in [6.45, 7) is 1.18. The minimum absolute atomic E-state index is 0.0275. The molecule has 0 aromatic heterocycles. The number of nitrogens with one attached hydrogen (secondary N) is 1. The number of carbonyl (C=O) groups excluding carboxylic acids is 1. The van der Waals surface area contributed by atoms with Crippen molar-refractivity contribution in [2.75, 3.05) is 6.54 Å². The Morgan fingerprint density at radius 3 is 2.39 bits per heavy atom. The van der Waals surface area contributed by atoms with Gasteiger partial charge in [-0.05, 0) is 42.5 Å². The molecule has 0 heterocycles. The van der Waals surface area contributed by atoms with Gasteiger partial charge in [0.25, 0.3) is 0 Å². The Labute approximate surface area is 136 Å². The first kappa shape index (κ1) is 15.6. The van der Waals surface area contributed by atoms with Crippen LogP contribution >= 0.6 is 0 Å². The molecule has 0 spiro atoms. The van der Waals surface area contributed by atoms with Gasteiger partial charge < -0.3 is 15.8 Å². The lowest BCUT2D eigenvalue weighted by atomic mass is 10.1. The van der Waals surface area contributed by atoms with Crippen LogP contribution in [0.5, 0.6) is 5.75 Å². The van der Waals surface area contributed by atoms with Crippen molar-refractivity contribution in [3.8, 4) is 5.75 Å². The van der Waals surface area contributed by atoms with E-state index < -0.39 is 5.54 Å². The van der Waals surface area contributed by atoms with Crippen LogP contribution in [0.15, 0.2) is 54.6 Å². The second kappa shape index (κ2) is 6.84. The maximum atomic E-state index is 11.7. The third-order valence-corrected chi connectivity index (χ3v) is 4.11. The van der Waals surface area contributed by atoms with Crippen molar-refractivity contribution >= 4 is 5.91 Å². The molecule has 23 heavy (non-hydrogen) atoms. The zero-order chi connectivity index (χ0) is 16.1. The van der Waals surface area contributed by atoms with Gasteiger partial charge in [0, 0.05) is 6.54 Å². The minimum atomic E-state index is -0.588. The van der Waals surface area contributed by atoms with Crippen molar-refractivity contribution < 1.29 is 9.53 Å². The summed E-state index contributed by atoms with van der Waals surface area (Å²) in [7, 11) is 0. The smallest absolute Gasteiger partial charge is 0.240 e. The number of hydrogen-bond acceptors (Lipinski definition) is 3. The lowest BCUT2D eigenvalue weighted by molar-refractivity contribution is -0.123. The van der Waals surface area contributed by atoms with Crippen LogP contribution in [0.4, 0.5) is 0 Å². The molecule has 1 amide bonds. The highest BCUT2D eigenvalue weighted by atomic mass is 16.5. The number of benzene rings is 2. The molecule has 3 rings (SSSR count). The average molecular weight is 310 g/mol. The van der Waals surface area contributed by atoms with Gasteiger partial charge in [-0.1, -0.05) is 42.5 Å². The summed E-state index contributed by atoms with van der Waals surface area (Å²) in [5.74, 6) is 0.820. The van der Waals surface area contributed by atoms with Crippen molar-refractivity contribution in [3.05, 3.63) is 65.7 Å². The normalized spacial score (nSPS) is 15.0. The summed E-state index contributed by atoms with van der Waals surface area (Å²) in [4.78, 5) is 11.7. The van der Waals surface area contributed by atoms with Crippen LogP contribution in [0.1, 0.15) is 24.0 Å². The SMILES string of the molecule is NC1(C(=O)NCCc2ccc(OCc3ccccc3)cc2)CC1. The van der Waals surface area contributed by atoms with Gasteiger partial charge >= 0.3 is 0 Å². The molecular formula is C19H22N2O2. The molecule has 1 saturated carbocycles. The number of amides is 1. The van der Waals surface area contributed by atoms with Crippen LogP contribution in [0.3, 0.4) is 0 Å². The van der Waals surface area contributed by atoms with E-state index in [-0.39, 0.29) is 5.91 Å². The molecule has 2 aromatic carbocycles. The lowest BCUT2D eigenvalue weighted by Gasteiger charge is -2.10. The predicted molar refractivity (Wildman–Crippen MR) is 90.1 cm³/mol. The molecule has 1 aliphatic carbocycles. The maximum absolute atomic E-state index is 11.7. The van der Waals surface area contributed by atoms with Gasteiger partial charge in [0.15, 0.2) is 0 Å². The fraction of sp³-hybridized carbons (Fsp3) is 0.316. The van der Waals surface area contributed by atoms with E-state index in [0.717, 1.165) is 30.6 Å². The van der Waals surface area contributed by atoms with Crippen molar-refractivity contribution in [1.29, 1.82) is 0 Å². The van der Waals surface area contributed by atoms with Gasteiger partial charge in [-0.15, -0.1) is 0 Å². The van der Waals surface area contributed by atoms with E-state index in [1.807, 2.05) is 54.6 Å². The highest BCUT2D eigenvalue weighted by molar-refractivity contribution is 5.88. The molecule has 4 heteroatoms. The Balaban J connectivity index is 1.42. The largest absolute Gasteiger partial charge is 0.489 e. The number of nitrogens with two attached hydrogens (primary N) is 1. The van der Waals surface area contributed by atoms with Crippen LogP contribution in [0.25, 0.3) is 0 Å². The molecule has 0 bridgehead atoms. The molecule has 0 radical (unpaired) electrons. The molecule has 1 aliphatic rings. The molecule has 0 aliphatic heterocycles. The molecule has 3 N–H and O–H groups in total. The summed E-state index contributed by atoms with van der Waals surface area (Å²) in [5, 5.41) is 2.90. The van der Waals surface area contributed by atoms with E-state index in [0.29, 0.717) is 13.2 Å². The monoisotopic (exact) mass is 310 g/mol. The predicted octanol–water partition coefficient (Wildman–Crippen LogP) is 2.42. The van der Waals surface area contributed by atoms with Gasteiger partial charge in [-0.2, -0.15) is 0 Å². The fourth-order valence-electron chi connectivity index (χ4n) is 2.35.